The van der Waals surface area contributed by atoms with Crippen LogP contribution in [0.2, 0.25) is 10.0 Å². The van der Waals surface area contributed by atoms with Gasteiger partial charge in [0.25, 0.3) is 0 Å². The third-order valence-corrected chi connectivity index (χ3v) is 4.27. The van der Waals surface area contributed by atoms with Crippen LogP contribution in [0, 0.1) is 6.92 Å². The molecule has 0 spiro atoms. The minimum atomic E-state index is 0.345. The fourth-order valence-electron chi connectivity index (χ4n) is 2.14. The number of nitrogens with one attached hydrogen (secondary N) is 1. The molecule has 2 rings (SSSR count). The van der Waals surface area contributed by atoms with Crippen molar-refractivity contribution in [3.63, 3.8) is 0 Å². The van der Waals surface area contributed by atoms with E-state index < -0.39 is 0 Å². The van der Waals surface area contributed by atoms with Crippen LogP contribution in [0.25, 0.3) is 0 Å². The molecule has 2 aromatic rings. The van der Waals surface area contributed by atoms with Crippen LogP contribution in [0.4, 0.5) is 0 Å². The Kier molecular flexibility index (Phi) is 5.94. The van der Waals surface area contributed by atoms with Gasteiger partial charge < -0.3 is 10.1 Å². The Morgan fingerprint density at radius 2 is 1.86 bits per heavy atom. The smallest absolute Gasteiger partial charge is 0.127 e. The Balaban J connectivity index is 2.27. The van der Waals surface area contributed by atoms with Gasteiger partial charge in [-0.05, 0) is 43.8 Å². The molecular weight excluding hydrogens is 373 g/mol. The van der Waals surface area contributed by atoms with E-state index in [1.165, 1.54) is 0 Å². The lowest BCUT2D eigenvalue weighted by molar-refractivity contribution is 0.300. The van der Waals surface area contributed by atoms with E-state index in [0.717, 1.165) is 33.5 Å². The molecule has 0 unspecified atom stereocenters. The van der Waals surface area contributed by atoms with E-state index >= 15 is 0 Å². The molecule has 0 aromatic heterocycles. The molecule has 0 saturated carbocycles. The number of benzene rings is 2. The van der Waals surface area contributed by atoms with Crippen molar-refractivity contribution in [3.05, 3.63) is 61.5 Å². The first-order valence-corrected chi connectivity index (χ1v) is 8.07. The normalized spacial score (nSPS) is 10.7. The lowest BCUT2D eigenvalue weighted by Gasteiger charge is -2.16. The van der Waals surface area contributed by atoms with Gasteiger partial charge in [0.15, 0.2) is 0 Å². The maximum Gasteiger partial charge on any atom is 0.127 e. The van der Waals surface area contributed by atoms with Crippen LogP contribution >= 0.6 is 39.1 Å². The van der Waals surface area contributed by atoms with Gasteiger partial charge in [0.2, 0.25) is 0 Å². The zero-order valence-corrected chi connectivity index (χ0v) is 14.9. The summed E-state index contributed by atoms with van der Waals surface area (Å²) in [7, 11) is 1.91. The molecule has 0 aliphatic rings. The van der Waals surface area contributed by atoms with Crippen LogP contribution in [0.5, 0.6) is 5.75 Å². The highest BCUT2D eigenvalue weighted by Crippen LogP contribution is 2.31. The van der Waals surface area contributed by atoms with E-state index in [4.69, 9.17) is 27.9 Å². The van der Waals surface area contributed by atoms with Crippen molar-refractivity contribution < 1.29 is 4.74 Å². The molecule has 112 valence electrons. The Hall–Kier alpha value is -0.740. The van der Waals surface area contributed by atoms with Crippen LogP contribution in [0.1, 0.15) is 16.7 Å². The Labute approximate surface area is 143 Å². The molecule has 0 amide bonds. The first kappa shape index (κ1) is 16.6. The molecule has 2 aromatic carbocycles. The number of hydrogen-bond acceptors (Lipinski definition) is 2. The molecule has 0 aliphatic carbocycles. The number of ether oxygens (including phenoxy) is 1. The summed E-state index contributed by atoms with van der Waals surface area (Å²) < 4.78 is 7.03. The van der Waals surface area contributed by atoms with E-state index in [0.29, 0.717) is 16.7 Å². The van der Waals surface area contributed by atoms with Gasteiger partial charge in [-0.1, -0.05) is 45.2 Å². The average molecular weight is 389 g/mol. The van der Waals surface area contributed by atoms with Crippen molar-refractivity contribution in [2.75, 3.05) is 7.05 Å². The Bertz CT molecular complexity index is 626. The highest BCUT2D eigenvalue weighted by Gasteiger charge is 2.11. The molecule has 2 nitrogen and oxygen atoms in total. The standard InChI is InChI=1S/C16H16BrCl2NO/c1-10-6-12(17)7-11(8-20-2)16(10)21-9-13-14(18)4-3-5-15(13)19/h3-7,20H,8-9H2,1-2H3. The molecule has 0 radical (unpaired) electrons. The molecule has 0 fully saturated rings. The Morgan fingerprint density at radius 3 is 2.48 bits per heavy atom. The number of rotatable bonds is 5. The van der Waals surface area contributed by atoms with E-state index in [2.05, 4.69) is 21.2 Å². The predicted molar refractivity (Wildman–Crippen MR) is 92.4 cm³/mol. The summed E-state index contributed by atoms with van der Waals surface area (Å²) in [5.74, 6) is 0.864. The molecule has 0 heterocycles. The van der Waals surface area contributed by atoms with E-state index in [-0.39, 0.29) is 0 Å². The summed E-state index contributed by atoms with van der Waals surface area (Å²) in [4.78, 5) is 0. The van der Waals surface area contributed by atoms with Crippen LogP contribution in [0.3, 0.4) is 0 Å². The summed E-state index contributed by atoms with van der Waals surface area (Å²) in [6, 6.07) is 9.53. The van der Waals surface area contributed by atoms with Crippen molar-refractivity contribution in [2.24, 2.45) is 0 Å². The van der Waals surface area contributed by atoms with E-state index in [1.54, 1.807) is 0 Å². The van der Waals surface area contributed by atoms with Crippen molar-refractivity contribution in [1.29, 1.82) is 0 Å². The van der Waals surface area contributed by atoms with Crippen LogP contribution < -0.4 is 10.1 Å². The van der Waals surface area contributed by atoms with Crippen molar-refractivity contribution >= 4 is 39.1 Å². The van der Waals surface area contributed by atoms with Crippen LogP contribution in [-0.2, 0) is 13.2 Å². The third-order valence-electron chi connectivity index (χ3n) is 3.11. The summed E-state index contributed by atoms with van der Waals surface area (Å²) in [6.45, 7) is 3.09. The summed E-state index contributed by atoms with van der Waals surface area (Å²) >= 11 is 15.9. The molecule has 1 N–H and O–H groups in total. The topological polar surface area (TPSA) is 21.3 Å². The van der Waals surface area contributed by atoms with Crippen LogP contribution in [0.15, 0.2) is 34.8 Å². The SMILES string of the molecule is CNCc1cc(Br)cc(C)c1OCc1c(Cl)cccc1Cl. The fraction of sp³-hybridized carbons (Fsp3) is 0.250. The first-order chi connectivity index (χ1) is 10.0. The monoisotopic (exact) mass is 387 g/mol. The second kappa shape index (κ2) is 7.50. The van der Waals surface area contributed by atoms with Gasteiger partial charge in [-0.3, -0.25) is 0 Å². The lowest BCUT2D eigenvalue weighted by Crippen LogP contribution is -2.09. The number of aryl methyl sites for hydroxylation is 1. The number of halogens is 3. The maximum absolute atomic E-state index is 6.18. The fourth-order valence-corrected chi connectivity index (χ4v) is 3.27. The van der Waals surface area contributed by atoms with Gasteiger partial charge in [0.05, 0.1) is 0 Å². The average Bonchev–Trinajstić information content (AvgIpc) is 2.40. The van der Waals surface area contributed by atoms with Gasteiger partial charge in [-0.15, -0.1) is 0 Å². The maximum atomic E-state index is 6.18. The first-order valence-electron chi connectivity index (χ1n) is 6.52. The molecule has 0 atom stereocenters. The summed E-state index contributed by atoms with van der Waals surface area (Å²) in [5.41, 5.74) is 2.96. The quantitative estimate of drug-likeness (QED) is 0.743. The highest BCUT2D eigenvalue weighted by molar-refractivity contribution is 9.10. The minimum Gasteiger partial charge on any atom is -0.488 e. The molecule has 5 heteroatoms. The molecular formula is C16H16BrCl2NO. The number of hydrogen-bond donors (Lipinski definition) is 1. The lowest BCUT2D eigenvalue weighted by atomic mass is 10.1. The second-order valence-electron chi connectivity index (χ2n) is 4.73. The Morgan fingerprint density at radius 1 is 1.19 bits per heavy atom. The molecule has 0 saturated heterocycles. The molecule has 0 bridgehead atoms. The van der Waals surface area contributed by atoms with Crippen LogP contribution in [-0.4, -0.2) is 7.05 Å². The molecule has 0 aliphatic heterocycles. The largest absolute Gasteiger partial charge is 0.488 e. The van der Waals surface area contributed by atoms with Gasteiger partial charge in [0.1, 0.15) is 12.4 Å². The van der Waals surface area contributed by atoms with Crippen molar-refractivity contribution in [2.45, 2.75) is 20.1 Å². The minimum absolute atomic E-state index is 0.345. The van der Waals surface area contributed by atoms with E-state index in [1.807, 2.05) is 44.3 Å². The highest BCUT2D eigenvalue weighted by atomic mass is 79.9. The second-order valence-corrected chi connectivity index (χ2v) is 6.46. The third kappa shape index (κ3) is 4.13. The van der Waals surface area contributed by atoms with Gasteiger partial charge in [-0.2, -0.15) is 0 Å². The van der Waals surface area contributed by atoms with Gasteiger partial charge >= 0.3 is 0 Å². The van der Waals surface area contributed by atoms with Crippen molar-refractivity contribution in [1.82, 2.24) is 5.32 Å². The van der Waals surface area contributed by atoms with Crippen molar-refractivity contribution in [3.8, 4) is 5.75 Å². The summed E-state index contributed by atoms with van der Waals surface area (Å²) in [6.07, 6.45) is 0. The zero-order valence-electron chi connectivity index (χ0n) is 11.8. The predicted octanol–water partition coefficient (Wildman–Crippen LogP) is 5.36. The zero-order chi connectivity index (χ0) is 15.4. The molecule has 21 heavy (non-hydrogen) atoms. The summed E-state index contributed by atoms with van der Waals surface area (Å²) in [5, 5.41) is 4.38. The van der Waals surface area contributed by atoms with E-state index in [9.17, 15) is 0 Å². The van der Waals surface area contributed by atoms with Gasteiger partial charge in [0, 0.05) is 32.2 Å². The van der Waals surface area contributed by atoms with Gasteiger partial charge in [-0.25, -0.2) is 0 Å².